The molecule has 0 unspecified atom stereocenters. The lowest BCUT2D eigenvalue weighted by molar-refractivity contribution is -0.119. The molecule has 0 saturated carbocycles. The maximum Gasteiger partial charge on any atom is 0.339 e. The van der Waals surface area contributed by atoms with Crippen LogP contribution in [-0.2, 0) is 9.53 Å². The molecular formula is C27H21N5O4S. The quantitative estimate of drug-likeness (QED) is 0.313. The van der Waals surface area contributed by atoms with Crippen LogP contribution in [0.1, 0.15) is 26.4 Å². The Labute approximate surface area is 215 Å². The van der Waals surface area contributed by atoms with Gasteiger partial charge in [0.2, 0.25) is 0 Å². The Hall–Kier alpha value is -4.83. The van der Waals surface area contributed by atoms with E-state index < -0.39 is 24.4 Å². The largest absolute Gasteiger partial charge is 0.452 e. The fraction of sp³-hybridized carbons (Fsp3) is 0.0741. The summed E-state index contributed by atoms with van der Waals surface area (Å²) in [6.45, 7) is 1.23. The second kappa shape index (κ2) is 10.0. The van der Waals surface area contributed by atoms with Crippen LogP contribution in [0.2, 0.25) is 0 Å². The second-order valence-corrected chi connectivity index (χ2v) is 9.05. The molecule has 5 rings (SSSR count). The summed E-state index contributed by atoms with van der Waals surface area (Å²) in [6, 6.07) is 21.3. The van der Waals surface area contributed by atoms with Crippen LogP contribution in [-0.4, -0.2) is 39.2 Å². The van der Waals surface area contributed by atoms with Crippen molar-refractivity contribution in [3.8, 4) is 16.3 Å². The van der Waals surface area contributed by atoms with Gasteiger partial charge < -0.3 is 15.8 Å². The van der Waals surface area contributed by atoms with Crippen LogP contribution >= 0.6 is 11.3 Å². The van der Waals surface area contributed by atoms with Crippen molar-refractivity contribution in [2.24, 2.45) is 5.73 Å². The van der Waals surface area contributed by atoms with Crippen molar-refractivity contribution in [3.05, 3.63) is 95.0 Å². The first kappa shape index (κ1) is 23.9. The number of nitrogens with two attached hydrogens (primary N) is 1. The van der Waals surface area contributed by atoms with E-state index >= 15 is 0 Å². The number of benzene rings is 2. The molecule has 0 saturated heterocycles. The van der Waals surface area contributed by atoms with Crippen LogP contribution in [0.15, 0.2) is 78.2 Å². The van der Waals surface area contributed by atoms with Crippen molar-refractivity contribution < 1.29 is 19.1 Å². The number of primary amides is 1. The van der Waals surface area contributed by atoms with E-state index in [9.17, 15) is 14.4 Å². The van der Waals surface area contributed by atoms with E-state index in [0.717, 1.165) is 10.6 Å². The Balaban J connectivity index is 1.47. The van der Waals surface area contributed by atoms with Crippen molar-refractivity contribution >= 4 is 45.8 Å². The van der Waals surface area contributed by atoms with Crippen LogP contribution in [0.4, 0.5) is 5.69 Å². The molecule has 0 atom stereocenters. The molecule has 0 spiro atoms. The van der Waals surface area contributed by atoms with Crippen LogP contribution in [0.3, 0.4) is 0 Å². The van der Waals surface area contributed by atoms with Crippen LogP contribution in [0.5, 0.6) is 0 Å². The minimum Gasteiger partial charge on any atom is -0.452 e. The Morgan fingerprint density at radius 1 is 1.00 bits per heavy atom. The smallest absolute Gasteiger partial charge is 0.339 e. The highest BCUT2D eigenvalue weighted by Crippen LogP contribution is 2.31. The minimum atomic E-state index is -0.695. The molecule has 3 heterocycles. The van der Waals surface area contributed by atoms with Gasteiger partial charge in [0.15, 0.2) is 12.3 Å². The van der Waals surface area contributed by atoms with E-state index in [1.807, 2.05) is 47.8 Å². The Bertz CT molecular complexity index is 1630. The highest BCUT2D eigenvalue weighted by atomic mass is 32.1. The summed E-state index contributed by atoms with van der Waals surface area (Å²) in [4.78, 5) is 43.1. The van der Waals surface area contributed by atoms with E-state index in [-0.39, 0.29) is 16.8 Å². The number of nitrogens with one attached hydrogen (secondary N) is 1. The standard InChI is InChI=1S/C27H21N5O4S/c1-16-24-19(27(35)36-15-23(33)29-20-11-6-5-10-18(20)25(28)34)14-21(22-12-7-13-37-22)30-26(24)32(31-16)17-8-3-2-4-9-17/h2-14H,15H2,1H3,(H2,28,34)(H,29,33). The number of ether oxygens (including phenoxy) is 1. The first-order valence-corrected chi connectivity index (χ1v) is 12.2. The van der Waals surface area contributed by atoms with E-state index in [0.29, 0.717) is 22.4 Å². The SMILES string of the molecule is Cc1nn(-c2ccccc2)c2nc(-c3cccs3)cc(C(=O)OCC(=O)Nc3ccccc3C(N)=O)c12. The summed E-state index contributed by atoms with van der Waals surface area (Å²) in [6.07, 6.45) is 0. The van der Waals surface area contributed by atoms with Crippen LogP contribution in [0.25, 0.3) is 27.3 Å². The van der Waals surface area contributed by atoms with Crippen LogP contribution in [0, 0.1) is 6.92 Å². The van der Waals surface area contributed by atoms with Gasteiger partial charge in [0, 0.05) is 0 Å². The summed E-state index contributed by atoms with van der Waals surface area (Å²) in [5.41, 5.74) is 8.49. The third kappa shape index (κ3) is 4.82. The van der Waals surface area contributed by atoms with Gasteiger partial charge in [-0.15, -0.1) is 11.3 Å². The van der Waals surface area contributed by atoms with Crippen molar-refractivity contribution in [2.75, 3.05) is 11.9 Å². The van der Waals surface area contributed by atoms with Gasteiger partial charge in [0.1, 0.15) is 0 Å². The fourth-order valence-electron chi connectivity index (χ4n) is 3.95. The number of carbonyl (C=O) groups is 3. The number of aryl methyl sites for hydroxylation is 1. The molecule has 10 heteroatoms. The number of carbonyl (C=O) groups excluding carboxylic acids is 3. The topological polar surface area (TPSA) is 129 Å². The Kier molecular flexibility index (Phi) is 6.48. The molecular weight excluding hydrogens is 490 g/mol. The van der Waals surface area contributed by atoms with Gasteiger partial charge in [0.25, 0.3) is 11.8 Å². The third-order valence-electron chi connectivity index (χ3n) is 5.61. The Morgan fingerprint density at radius 2 is 1.76 bits per heavy atom. The lowest BCUT2D eigenvalue weighted by Gasteiger charge is -2.10. The highest BCUT2D eigenvalue weighted by molar-refractivity contribution is 7.13. The third-order valence-corrected chi connectivity index (χ3v) is 6.50. The van der Waals surface area contributed by atoms with Gasteiger partial charge in [-0.1, -0.05) is 36.4 Å². The normalized spacial score (nSPS) is 10.8. The number of para-hydroxylation sites is 2. The first-order valence-electron chi connectivity index (χ1n) is 11.3. The summed E-state index contributed by atoms with van der Waals surface area (Å²) < 4.78 is 7.07. The molecule has 0 aliphatic rings. The maximum atomic E-state index is 13.3. The molecule has 37 heavy (non-hydrogen) atoms. The zero-order chi connectivity index (χ0) is 25.9. The molecule has 3 N–H and O–H groups in total. The molecule has 0 radical (unpaired) electrons. The van der Waals surface area contributed by atoms with E-state index in [1.165, 1.54) is 17.4 Å². The van der Waals surface area contributed by atoms with E-state index in [4.69, 9.17) is 15.5 Å². The number of anilines is 1. The summed E-state index contributed by atoms with van der Waals surface area (Å²) in [5, 5.41) is 9.65. The summed E-state index contributed by atoms with van der Waals surface area (Å²) in [7, 11) is 0. The van der Waals surface area contributed by atoms with E-state index in [2.05, 4.69) is 10.4 Å². The number of esters is 1. The van der Waals surface area contributed by atoms with Crippen molar-refractivity contribution in [2.45, 2.75) is 6.92 Å². The molecule has 0 aliphatic carbocycles. The monoisotopic (exact) mass is 511 g/mol. The van der Waals surface area contributed by atoms with E-state index in [1.54, 1.807) is 35.9 Å². The number of fused-ring (bicyclic) bond motifs is 1. The van der Waals surface area contributed by atoms with Gasteiger partial charge >= 0.3 is 5.97 Å². The van der Waals surface area contributed by atoms with Gasteiger partial charge in [-0.05, 0) is 48.7 Å². The predicted molar refractivity (Wildman–Crippen MR) is 141 cm³/mol. The molecule has 2 aromatic carbocycles. The first-order chi connectivity index (χ1) is 17.9. The van der Waals surface area contributed by atoms with Gasteiger partial charge in [-0.3, -0.25) is 9.59 Å². The highest BCUT2D eigenvalue weighted by Gasteiger charge is 2.23. The molecule has 5 aromatic rings. The minimum absolute atomic E-state index is 0.155. The molecule has 3 aromatic heterocycles. The number of nitrogens with zero attached hydrogens (tertiary/aromatic N) is 3. The lowest BCUT2D eigenvalue weighted by Crippen LogP contribution is -2.23. The number of rotatable bonds is 7. The average Bonchev–Trinajstić information content (AvgIpc) is 3.56. The van der Waals surface area contributed by atoms with Crippen molar-refractivity contribution in [3.63, 3.8) is 0 Å². The molecule has 0 fully saturated rings. The molecule has 0 bridgehead atoms. The van der Waals surface area contributed by atoms with Gasteiger partial charge in [0.05, 0.1) is 44.2 Å². The number of amides is 2. The molecule has 2 amide bonds. The number of aromatic nitrogens is 3. The van der Waals surface area contributed by atoms with Gasteiger partial charge in [-0.2, -0.15) is 5.10 Å². The fourth-order valence-corrected chi connectivity index (χ4v) is 4.64. The number of thiophene rings is 1. The number of hydrogen-bond acceptors (Lipinski definition) is 7. The maximum absolute atomic E-state index is 13.3. The molecule has 184 valence electrons. The van der Waals surface area contributed by atoms with Crippen LogP contribution < -0.4 is 11.1 Å². The number of pyridine rings is 1. The summed E-state index contributed by atoms with van der Waals surface area (Å²) >= 11 is 1.49. The Morgan fingerprint density at radius 3 is 2.49 bits per heavy atom. The van der Waals surface area contributed by atoms with Crippen molar-refractivity contribution in [1.29, 1.82) is 0 Å². The number of hydrogen-bond donors (Lipinski definition) is 2. The predicted octanol–water partition coefficient (Wildman–Crippen LogP) is 4.35. The summed E-state index contributed by atoms with van der Waals surface area (Å²) in [5.74, 6) is -1.99. The van der Waals surface area contributed by atoms with Crippen molar-refractivity contribution in [1.82, 2.24) is 14.8 Å². The van der Waals surface area contributed by atoms with Gasteiger partial charge in [-0.25, -0.2) is 14.5 Å². The lowest BCUT2D eigenvalue weighted by atomic mass is 10.1. The zero-order valence-corrected chi connectivity index (χ0v) is 20.5. The zero-order valence-electron chi connectivity index (χ0n) is 19.7. The molecule has 0 aliphatic heterocycles. The average molecular weight is 512 g/mol. The second-order valence-electron chi connectivity index (χ2n) is 8.10. The molecule has 9 nitrogen and oxygen atoms in total.